The van der Waals surface area contributed by atoms with E-state index in [2.05, 4.69) is 56.3 Å². The molecule has 0 aliphatic heterocycles. The quantitative estimate of drug-likeness (QED) is 0.660. The van der Waals surface area contributed by atoms with Crippen molar-refractivity contribution in [3.8, 4) is 11.1 Å². The Balaban J connectivity index is 2.39. The molecule has 0 atom stereocenters. The highest BCUT2D eigenvalue weighted by Gasteiger charge is 2.15. The van der Waals surface area contributed by atoms with E-state index < -0.39 is 0 Å². The second kappa shape index (κ2) is 6.34. The first kappa shape index (κ1) is 12.8. The van der Waals surface area contributed by atoms with Crippen molar-refractivity contribution in [1.29, 1.82) is 0 Å². The monoisotopic (exact) mass is 241 g/mol. The van der Waals surface area contributed by atoms with Crippen molar-refractivity contribution >= 4 is 0 Å². The number of aryl methyl sites for hydroxylation is 2. The van der Waals surface area contributed by atoms with Crippen molar-refractivity contribution in [2.24, 2.45) is 0 Å². The third-order valence-corrected chi connectivity index (χ3v) is 3.00. The highest BCUT2D eigenvalue weighted by Crippen LogP contribution is 2.23. The van der Waals surface area contributed by atoms with E-state index in [1.54, 1.807) is 0 Å². The van der Waals surface area contributed by atoms with E-state index in [0.717, 1.165) is 37.2 Å². The molecule has 0 saturated heterocycles. The molecule has 0 fully saturated rings. The third-order valence-electron chi connectivity index (χ3n) is 3.00. The summed E-state index contributed by atoms with van der Waals surface area (Å²) in [6.45, 7) is 4.37. The fourth-order valence-corrected chi connectivity index (χ4v) is 2.15. The van der Waals surface area contributed by atoms with Crippen LogP contribution in [0.25, 0.3) is 11.1 Å². The molecule has 0 unspecified atom stereocenters. The van der Waals surface area contributed by atoms with Crippen molar-refractivity contribution in [2.75, 3.05) is 0 Å². The molecule has 2 rings (SSSR count). The van der Waals surface area contributed by atoms with Gasteiger partial charge in [0.1, 0.15) is 0 Å². The van der Waals surface area contributed by atoms with E-state index in [4.69, 9.17) is 4.42 Å². The highest BCUT2D eigenvalue weighted by atomic mass is 16.3. The first-order chi connectivity index (χ1) is 8.83. The lowest BCUT2D eigenvalue weighted by molar-refractivity contribution is 0.443. The molecular weight excluding hydrogens is 220 g/mol. The molecule has 0 amide bonds. The number of benzene rings is 1. The molecule has 0 radical (unpaired) electrons. The van der Waals surface area contributed by atoms with Crippen molar-refractivity contribution in [1.82, 2.24) is 0 Å². The molecule has 1 heteroatoms. The summed E-state index contributed by atoms with van der Waals surface area (Å²) in [5.74, 6) is 2.20. The zero-order valence-electron chi connectivity index (χ0n) is 11.3. The summed E-state index contributed by atoms with van der Waals surface area (Å²) in [6.07, 6.45) is 4.26. The van der Waals surface area contributed by atoms with E-state index in [-0.39, 0.29) is 0 Å². The number of rotatable bonds is 5. The minimum absolute atomic E-state index is 1.01. The zero-order valence-corrected chi connectivity index (χ0v) is 11.3. The fourth-order valence-electron chi connectivity index (χ4n) is 2.15. The molecule has 1 heterocycles. The van der Waals surface area contributed by atoms with Crippen LogP contribution in [0.5, 0.6) is 0 Å². The van der Waals surface area contributed by atoms with Gasteiger partial charge in [0.25, 0.3) is 0 Å². The highest BCUT2D eigenvalue weighted by molar-refractivity contribution is 5.63. The Morgan fingerprint density at radius 3 is 1.83 bits per heavy atom. The van der Waals surface area contributed by atoms with Crippen LogP contribution in [0.4, 0.5) is 0 Å². The Morgan fingerprint density at radius 1 is 0.778 bits per heavy atom. The summed E-state index contributed by atoms with van der Waals surface area (Å²) in [7, 11) is 0. The van der Waals surface area contributed by atoms with E-state index in [9.17, 15) is 0 Å². The summed E-state index contributed by atoms with van der Waals surface area (Å²) in [5, 5.41) is 0. The van der Waals surface area contributed by atoms with Crippen LogP contribution in [0.3, 0.4) is 0 Å². The van der Waals surface area contributed by atoms with E-state index in [1.807, 2.05) is 0 Å². The molecule has 0 aliphatic rings. The maximum atomic E-state index is 5.92. The van der Waals surface area contributed by atoms with E-state index in [1.165, 1.54) is 11.1 Å². The van der Waals surface area contributed by atoms with Crippen LogP contribution < -0.4 is 0 Å². The second-order valence-corrected chi connectivity index (χ2v) is 4.64. The summed E-state index contributed by atoms with van der Waals surface area (Å²) in [6, 6.07) is 14.9. The molecule has 18 heavy (non-hydrogen) atoms. The number of hydrogen-bond donors (Lipinski definition) is 0. The largest absolute Gasteiger partial charge is 0.330 e. The van der Waals surface area contributed by atoms with Gasteiger partial charge in [0.15, 0.2) is 0 Å². The smallest absolute Gasteiger partial charge is 0.218 e. The van der Waals surface area contributed by atoms with Gasteiger partial charge in [0.05, 0.1) is 12.8 Å². The average Bonchev–Trinajstić information content (AvgIpc) is 2.40. The van der Waals surface area contributed by atoms with Crippen LogP contribution in [0.2, 0.25) is 0 Å². The second-order valence-electron chi connectivity index (χ2n) is 4.64. The van der Waals surface area contributed by atoms with Gasteiger partial charge in [0, 0.05) is 12.1 Å². The Bertz CT molecular complexity index is 464. The minimum Gasteiger partial charge on any atom is -0.218 e. The lowest BCUT2D eigenvalue weighted by atomic mass is 10.0. The van der Waals surface area contributed by atoms with Crippen molar-refractivity contribution in [3.05, 3.63) is 54.0 Å². The van der Waals surface area contributed by atoms with Crippen LogP contribution in [0.1, 0.15) is 38.2 Å². The van der Waals surface area contributed by atoms with Crippen molar-refractivity contribution < 1.29 is 4.42 Å². The van der Waals surface area contributed by atoms with Gasteiger partial charge in [0.2, 0.25) is 0 Å². The fraction of sp³-hybridized carbons (Fsp3) is 0.353. The minimum atomic E-state index is 1.01. The third kappa shape index (κ3) is 3.19. The van der Waals surface area contributed by atoms with Crippen LogP contribution in [0.15, 0.2) is 46.9 Å². The Labute approximate surface area is 109 Å². The standard InChI is InChI=1S/C17H21O/c1-3-8-16-12-15(13-17(18-16)9-4-2)14-10-6-5-7-11-14/h5-7,10-13H,3-4,8-9H2,1-2H3/q+1. The van der Waals surface area contributed by atoms with Crippen LogP contribution in [-0.4, -0.2) is 0 Å². The zero-order chi connectivity index (χ0) is 12.8. The van der Waals surface area contributed by atoms with Gasteiger partial charge in [-0.3, -0.25) is 0 Å². The Kier molecular flexibility index (Phi) is 4.52. The predicted octanol–water partition coefficient (Wildman–Crippen LogP) is 5.13. The molecule has 0 bridgehead atoms. The molecule has 1 aromatic carbocycles. The van der Waals surface area contributed by atoms with Gasteiger partial charge in [-0.05, 0) is 24.0 Å². The molecule has 1 aromatic heterocycles. The van der Waals surface area contributed by atoms with E-state index in [0.29, 0.717) is 0 Å². The summed E-state index contributed by atoms with van der Waals surface area (Å²) < 4.78 is 5.92. The molecule has 1 nitrogen and oxygen atoms in total. The first-order valence-corrected chi connectivity index (χ1v) is 6.84. The molecule has 94 valence electrons. The van der Waals surface area contributed by atoms with Crippen molar-refractivity contribution in [2.45, 2.75) is 39.5 Å². The molecule has 0 spiro atoms. The lowest BCUT2D eigenvalue weighted by Crippen LogP contribution is -1.91. The Hall–Kier alpha value is -1.63. The normalized spacial score (nSPS) is 10.6. The average molecular weight is 241 g/mol. The maximum absolute atomic E-state index is 5.92. The first-order valence-electron chi connectivity index (χ1n) is 6.84. The van der Waals surface area contributed by atoms with Crippen molar-refractivity contribution in [3.63, 3.8) is 0 Å². The number of hydrogen-bond acceptors (Lipinski definition) is 0. The summed E-state index contributed by atoms with van der Waals surface area (Å²) >= 11 is 0. The van der Waals surface area contributed by atoms with Gasteiger partial charge >= 0.3 is 11.5 Å². The topological polar surface area (TPSA) is 11.3 Å². The SMILES string of the molecule is CCCc1cc(-c2ccccc2)cc(CCC)[o+]1. The molecule has 0 aliphatic carbocycles. The van der Waals surface area contributed by atoms with Crippen LogP contribution in [-0.2, 0) is 12.8 Å². The molecule has 2 aromatic rings. The van der Waals surface area contributed by atoms with Gasteiger partial charge < -0.3 is 0 Å². The van der Waals surface area contributed by atoms with Gasteiger partial charge in [-0.15, -0.1) is 0 Å². The van der Waals surface area contributed by atoms with Gasteiger partial charge in [-0.25, -0.2) is 4.42 Å². The van der Waals surface area contributed by atoms with Gasteiger partial charge in [-0.2, -0.15) is 0 Å². The van der Waals surface area contributed by atoms with Crippen LogP contribution >= 0.6 is 0 Å². The predicted molar refractivity (Wildman–Crippen MR) is 76.5 cm³/mol. The van der Waals surface area contributed by atoms with Crippen LogP contribution in [0, 0.1) is 0 Å². The van der Waals surface area contributed by atoms with E-state index >= 15 is 0 Å². The van der Waals surface area contributed by atoms with Gasteiger partial charge in [-0.1, -0.05) is 44.2 Å². The summed E-state index contributed by atoms with van der Waals surface area (Å²) in [5.41, 5.74) is 2.54. The molecule has 0 saturated carbocycles. The summed E-state index contributed by atoms with van der Waals surface area (Å²) in [4.78, 5) is 0. The molecule has 0 N–H and O–H groups in total. The maximum Gasteiger partial charge on any atom is 0.330 e. The Morgan fingerprint density at radius 2 is 1.33 bits per heavy atom. The lowest BCUT2D eigenvalue weighted by Gasteiger charge is -2.00. The molecular formula is C17H21O+.